The van der Waals surface area contributed by atoms with E-state index in [0.717, 1.165) is 0 Å². The van der Waals surface area contributed by atoms with Gasteiger partial charge in [-0.1, -0.05) is 11.6 Å². The second-order valence-corrected chi connectivity index (χ2v) is 3.58. The second kappa shape index (κ2) is 5.88. The molecule has 2 N–H and O–H groups in total. The Morgan fingerprint density at radius 1 is 1.65 bits per heavy atom. The van der Waals surface area contributed by atoms with Crippen molar-refractivity contribution >= 4 is 17.6 Å². The van der Waals surface area contributed by atoms with Crippen LogP contribution in [0.2, 0.25) is 5.15 Å². The molecule has 0 saturated carbocycles. The predicted octanol–water partition coefficient (Wildman–Crippen LogP) is 1.85. The SMILES string of the molecule is COC(=O)Cc1cnc(Cl)c(C(F)F)c1CN. The average Bonchev–Trinajstić information content (AvgIpc) is 2.30. The van der Waals surface area contributed by atoms with Crippen molar-refractivity contribution in [2.75, 3.05) is 7.11 Å². The van der Waals surface area contributed by atoms with Crippen LogP contribution in [-0.2, 0) is 22.5 Å². The van der Waals surface area contributed by atoms with Gasteiger partial charge in [0.1, 0.15) is 5.15 Å². The van der Waals surface area contributed by atoms with Gasteiger partial charge < -0.3 is 10.5 Å². The number of pyridine rings is 1. The largest absolute Gasteiger partial charge is 0.469 e. The van der Waals surface area contributed by atoms with Crippen LogP contribution in [0.25, 0.3) is 0 Å². The number of aromatic nitrogens is 1. The molecule has 0 unspecified atom stereocenters. The minimum absolute atomic E-state index is 0.144. The fourth-order valence-corrected chi connectivity index (χ4v) is 1.67. The number of nitrogens with two attached hydrogens (primary N) is 1. The standard InChI is InChI=1S/C10H11ClF2N2O2/c1-17-7(16)2-5-4-15-9(11)8(10(12)13)6(5)3-14/h4,10H,2-3,14H2,1H3. The number of halogens is 3. The van der Waals surface area contributed by atoms with Crippen LogP contribution in [0.5, 0.6) is 0 Å². The van der Waals surface area contributed by atoms with Gasteiger partial charge in [-0.2, -0.15) is 0 Å². The van der Waals surface area contributed by atoms with E-state index in [1.165, 1.54) is 13.3 Å². The van der Waals surface area contributed by atoms with Crippen LogP contribution in [0.3, 0.4) is 0 Å². The molecule has 0 bridgehead atoms. The number of esters is 1. The molecule has 0 aliphatic heterocycles. The maximum atomic E-state index is 12.8. The summed E-state index contributed by atoms with van der Waals surface area (Å²) in [6.45, 7) is -0.145. The Morgan fingerprint density at radius 2 is 2.29 bits per heavy atom. The first-order valence-electron chi connectivity index (χ1n) is 4.72. The summed E-state index contributed by atoms with van der Waals surface area (Å²) >= 11 is 5.58. The van der Waals surface area contributed by atoms with Gasteiger partial charge in [0.2, 0.25) is 0 Å². The third kappa shape index (κ3) is 3.10. The molecule has 1 aromatic rings. The molecule has 0 atom stereocenters. The third-order valence-corrected chi connectivity index (χ3v) is 2.55. The van der Waals surface area contributed by atoms with Crippen molar-refractivity contribution in [3.63, 3.8) is 0 Å². The Morgan fingerprint density at radius 3 is 2.76 bits per heavy atom. The molecule has 4 nitrogen and oxygen atoms in total. The molecule has 1 heterocycles. The molecule has 1 rings (SSSR count). The second-order valence-electron chi connectivity index (χ2n) is 3.22. The van der Waals surface area contributed by atoms with E-state index >= 15 is 0 Å². The smallest absolute Gasteiger partial charge is 0.310 e. The lowest BCUT2D eigenvalue weighted by molar-refractivity contribution is -0.139. The number of nitrogens with zero attached hydrogens (tertiary/aromatic N) is 1. The maximum absolute atomic E-state index is 12.8. The van der Waals surface area contributed by atoms with E-state index in [4.69, 9.17) is 17.3 Å². The zero-order valence-corrected chi connectivity index (χ0v) is 9.80. The van der Waals surface area contributed by atoms with Crippen LogP contribution < -0.4 is 5.73 Å². The molecule has 0 saturated heterocycles. The van der Waals surface area contributed by atoms with Crippen LogP contribution in [0.1, 0.15) is 23.1 Å². The molecule has 0 aliphatic rings. The first-order valence-corrected chi connectivity index (χ1v) is 5.10. The molecule has 0 aromatic carbocycles. The van der Waals surface area contributed by atoms with Crippen LogP contribution in [0.15, 0.2) is 6.20 Å². The van der Waals surface area contributed by atoms with E-state index in [2.05, 4.69) is 9.72 Å². The first kappa shape index (κ1) is 13.8. The highest BCUT2D eigenvalue weighted by molar-refractivity contribution is 6.30. The number of rotatable bonds is 4. The van der Waals surface area contributed by atoms with Gasteiger partial charge in [0.05, 0.1) is 19.1 Å². The normalized spacial score (nSPS) is 10.7. The van der Waals surface area contributed by atoms with Crippen molar-refractivity contribution < 1.29 is 18.3 Å². The Hall–Kier alpha value is -1.27. The molecular formula is C10H11ClF2N2O2. The number of carbonyl (C=O) groups is 1. The van der Waals surface area contributed by atoms with Gasteiger partial charge in [0, 0.05) is 12.7 Å². The number of ether oxygens (including phenoxy) is 1. The van der Waals surface area contributed by atoms with E-state index in [0.29, 0.717) is 5.56 Å². The highest BCUT2D eigenvalue weighted by Crippen LogP contribution is 2.30. The fraction of sp³-hybridized carbons (Fsp3) is 0.400. The Labute approximate surface area is 102 Å². The monoisotopic (exact) mass is 264 g/mol. The molecule has 0 radical (unpaired) electrons. The van der Waals surface area contributed by atoms with Crippen LogP contribution in [0, 0.1) is 0 Å². The van der Waals surface area contributed by atoms with Gasteiger partial charge in [0.15, 0.2) is 0 Å². The van der Waals surface area contributed by atoms with Crippen molar-refractivity contribution in [1.29, 1.82) is 0 Å². The van der Waals surface area contributed by atoms with Gasteiger partial charge >= 0.3 is 5.97 Å². The van der Waals surface area contributed by atoms with Crippen molar-refractivity contribution in [2.45, 2.75) is 19.4 Å². The van der Waals surface area contributed by atoms with Crippen LogP contribution >= 0.6 is 11.6 Å². The summed E-state index contributed by atoms with van der Waals surface area (Å²) in [7, 11) is 1.21. The minimum Gasteiger partial charge on any atom is -0.469 e. The Kier molecular flexibility index (Phi) is 4.77. The summed E-state index contributed by atoms with van der Waals surface area (Å²) in [4.78, 5) is 14.7. The molecule has 1 aromatic heterocycles. The van der Waals surface area contributed by atoms with Gasteiger partial charge in [0.25, 0.3) is 6.43 Å². The summed E-state index contributed by atoms with van der Waals surface area (Å²) in [5.74, 6) is -0.552. The number of methoxy groups -OCH3 is 1. The summed E-state index contributed by atoms with van der Waals surface area (Å²) in [5.41, 5.74) is 5.43. The topological polar surface area (TPSA) is 65.2 Å². The molecule has 0 aliphatic carbocycles. The molecule has 0 spiro atoms. The van der Waals surface area contributed by atoms with Crippen molar-refractivity contribution in [3.05, 3.63) is 28.0 Å². The summed E-state index contributed by atoms with van der Waals surface area (Å²) in [5, 5.41) is -0.297. The summed E-state index contributed by atoms with van der Waals surface area (Å²) in [6.07, 6.45) is -1.69. The van der Waals surface area contributed by atoms with Gasteiger partial charge in [-0.15, -0.1) is 0 Å². The number of carbonyl (C=O) groups excluding carboxylic acids is 1. The lowest BCUT2D eigenvalue weighted by atomic mass is 10.0. The molecule has 0 fully saturated rings. The quantitative estimate of drug-likeness (QED) is 0.666. The van der Waals surface area contributed by atoms with Crippen molar-refractivity contribution in [1.82, 2.24) is 4.98 Å². The van der Waals surface area contributed by atoms with E-state index in [9.17, 15) is 13.6 Å². The van der Waals surface area contributed by atoms with Crippen LogP contribution in [0.4, 0.5) is 8.78 Å². The number of hydrogen-bond acceptors (Lipinski definition) is 4. The van der Waals surface area contributed by atoms with Gasteiger partial charge in [-0.05, 0) is 11.1 Å². The highest BCUT2D eigenvalue weighted by Gasteiger charge is 2.21. The molecular weight excluding hydrogens is 254 g/mol. The van der Waals surface area contributed by atoms with E-state index < -0.39 is 18.0 Å². The third-order valence-electron chi connectivity index (χ3n) is 2.25. The lowest BCUT2D eigenvalue weighted by Crippen LogP contribution is -2.13. The van der Waals surface area contributed by atoms with Gasteiger partial charge in [-0.3, -0.25) is 4.79 Å². The Bertz CT molecular complexity index is 427. The highest BCUT2D eigenvalue weighted by atomic mass is 35.5. The van der Waals surface area contributed by atoms with Gasteiger partial charge in [-0.25, -0.2) is 13.8 Å². The fourth-order valence-electron chi connectivity index (χ4n) is 1.42. The molecule has 0 amide bonds. The number of alkyl halides is 2. The summed E-state index contributed by atoms with van der Waals surface area (Å²) < 4.78 is 30.0. The van der Waals surface area contributed by atoms with Crippen molar-refractivity contribution in [3.8, 4) is 0 Å². The molecule has 17 heavy (non-hydrogen) atoms. The lowest BCUT2D eigenvalue weighted by Gasteiger charge is -2.13. The molecule has 7 heteroatoms. The zero-order chi connectivity index (χ0) is 13.0. The predicted molar refractivity (Wildman–Crippen MR) is 57.8 cm³/mol. The molecule has 94 valence electrons. The Balaban J connectivity index is 3.23. The summed E-state index contributed by atoms with van der Waals surface area (Å²) in [6, 6.07) is 0. The van der Waals surface area contributed by atoms with E-state index in [-0.39, 0.29) is 23.7 Å². The average molecular weight is 265 g/mol. The van der Waals surface area contributed by atoms with E-state index in [1.807, 2.05) is 0 Å². The maximum Gasteiger partial charge on any atom is 0.310 e. The zero-order valence-electron chi connectivity index (χ0n) is 9.04. The first-order chi connectivity index (χ1) is 8.01. The number of hydrogen-bond donors (Lipinski definition) is 1. The van der Waals surface area contributed by atoms with E-state index in [1.54, 1.807) is 0 Å². The minimum atomic E-state index is -2.79. The van der Waals surface area contributed by atoms with Crippen LogP contribution in [-0.4, -0.2) is 18.1 Å². The van der Waals surface area contributed by atoms with Crippen molar-refractivity contribution in [2.24, 2.45) is 5.73 Å².